The highest BCUT2D eigenvalue weighted by atomic mass is 35.5. The largest absolute Gasteiger partial charge is 0.289 e. The van der Waals surface area contributed by atoms with Gasteiger partial charge in [-0.15, -0.1) is 12.6 Å². The number of halogens is 1. The van der Waals surface area contributed by atoms with Crippen molar-refractivity contribution in [2.75, 3.05) is 20.1 Å². The highest BCUT2D eigenvalue weighted by Gasteiger charge is 2.22. The van der Waals surface area contributed by atoms with Crippen molar-refractivity contribution in [3.05, 3.63) is 22.7 Å². The molecule has 0 aromatic heterocycles. The zero-order valence-corrected chi connectivity index (χ0v) is 13.5. The van der Waals surface area contributed by atoms with E-state index >= 15 is 0 Å². The molecule has 0 radical (unpaired) electrons. The van der Waals surface area contributed by atoms with Crippen molar-refractivity contribution in [1.29, 1.82) is 0 Å². The molecule has 2 rings (SSSR count). The first-order chi connectivity index (χ1) is 9.29. The first-order valence-electron chi connectivity index (χ1n) is 5.84. The summed E-state index contributed by atoms with van der Waals surface area (Å²) in [4.78, 5) is 4.44. The van der Waals surface area contributed by atoms with Gasteiger partial charge in [-0.2, -0.15) is 0 Å². The second-order valence-corrected chi connectivity index (χ2v) is 6.98. The van der Waals surface area contributed by atoms with E-state index in [-0.39, 0.29) is 15.8 Å². The molecule has 0 spiro atoms. The molecule has 1 heterocycles. The molecule has 6 nitrogen and oxygen atoms in total. The molecule has 0 atom stereocenters. The van der Waals surface area contributed by atoms with Gasteiger partial charge in [0.1, 0.15) is 4.90 Å². The van der Waals surface area contributed by atoms with Crippen LogP contribution in [0.25, 0.3) is 0 Å². The number of nitrogens with zero attached hydrogens (tertiary/aromatic N) is 2. The zero-order chi connectivity index (χ0) is 14.9. The van der Waals surface area contributed by atoms with E-state index in [0.717, 1.165) is 0 Å². The molecule has 1 aromatic rings. The zero-order valence-electron chi connectivity index (χ0n) is 11.0. The quantitative estimate of drug-likeness (QED) is 0.706. The Kier molecular flexibility index (Phi) is 4.48. The normalized spacial score (nSPS) is 16.5. The van der Waals surface area contributed by atoms with Crippen molar-refractivity contribution in [3.8, 4) is 0 Å². The second kappa shape index (κ2) is 5.80. The molecule has 1 aliphatic rings. The summed E-state index contributed by atoms with van der Waals surface area (Å²) in [6.45, 7) is 2.97. The second-order valence-electron chi connectivity index (χ2n) is 4.44. The molecule has 0 unspecified atom stereocenters. The monoisotopic (exact) mass is 334 g/mol. The van der Waals surface area contributed by atoms with Crippen molar-refractivity contribution in [1.82, 2.24) is 15.2 Å². The van der Waals surface area contributed by atoms with E-state index in [1.807, 2.05) is 0 Å². The van der Waals surface area contributed by atoms with Crippen LogP contribution in [0, 0.1) is 6.92 Å². The molecule has 0 amide bonds. The summed E-state index contributed by atoms with van der Waals surface area (Å²) < 4.78 is 27.1. The molecule has 0 saturated heterocycles. The van der Waals surface area contributed by atoms with Crippen molar-refractivity contribution >= 4 is 40.2 Å². The van der Waals surface area contributed by atoms with Gasteiger partial charge in [0.2, 0.25) is 5.96 Å². The summed E-state index contributed by atoms with van der Waals surface area (Å²) in [6.07, 6.45) is 0. The Morgan fingerprint density at radius 1 is 1.50 bits per heavy atom. The van der Waals surface area contributed by atoms with E-state index in [1.54, 1.807) is 19.0 Å². The minimum atomic E-state index is -3.76. The fourth-order valence-electron chi connectivity index (χ4n) is 1.68. The Hall–Kier alpha value is -0.960. The predicted molar refractivity (Wildman–Crippen MR) is 81.8 cm³/mol. The topological polar surface area (TPSA) is 73.8 Å². The van der Waals surface area contributed by atoms with E-state index in [0.29, 0.717) is 23.7 Å². The molecule has 0 saturated carbocycles. The fourth-order valence-corrected chi connectivity index (χ4v) is 3.62. The van der Waals surface area contributed by atoms with Gasteiger partial charge < -0.3 is 0 Å². The smallest absolute Gasteiger partial charge is 0.265 e. The number of likely N-dealkylation sites (N-methyl/N-ethyl adjacent to an activating group) is 1. The number of benzene rings is 1. The van der Waals surface area contributed by atoms with Crippen LogP contribution in [0.5, 0.6) is 0 Å². The van der Waals surface area contributed by atoms with Crippen molar-refractivity contribution < 1.29 is 8.42 Å². The average molecular weight is 335 g/mol. The lowest BCUT2D eigenvalue weighted by Crippen LogP contribution is -2.52. The third-order valence-electron chi connectivity index (χ3n) is 2.76. The van der Waals surface area contributed by atoms with Crippen LogP contribution in [0.2, 0.25) is 5.02 Å². The number of hydrazine groups is 1. The van der Waals surface area contributed by atoms with E-state index in [1.165, 1.54) is 12.1 Å². The maximum atomic E-state index is 12.3. The molecule has 20 heavy (non-hydrogen) atoms. The van der Waals surface area contributed by atoms with Crippen LogP contribution in [-0.2, 0) is 10.0 Å². The molecule has 0 fully saturated rings. The number of hydrogen-bond donors (Lipinski definition) is 3. The third-order valence-corrected chi connectivity index (χ3v) is 5.07. The Morgan fingerprint density at radius 3 is 2.85 bits per heavy atom. The molecule has 0 aliphatic carbocycles. The Bertz CT molecular complexity index is 661. The Balaban J connectivity index is 2.31. The number of guanidine groups is 1. The molecule has 2 N–H and O–H groups in total. The first-order valence-corrected chi connectivity index (χ1v) is 8.14. The predicted octanol–water partition coefficient (Wildman–Crippen LogP) is 1.02. The Morgan fingerprint density at radius 2 is 2.20 bits per heavy atom. The lowest BCUT2D eigenvalue weighted by atomic mass is 10.2. The van der Waals surface area contributed by atoms with E-state index in [4.69, 9.17) is 11.6 Å². The number of rotatable bonds is 2. The summed E-state index contributed by atoms with van der Waals surface area (Å²) >= 11 is 10.1. The molecule has 0 bridgehead atoms. The lowest BCUT2D eigenvalue weighted by Gasteiger charge is -2.24. The van der Waals surface area contributed by atoms with E-state index < -0.39 is 10.0 Å². The van der Waals surface area contributed by atoms with E-state index in [9.17, 15) is 8.42 Å². The van der Waals surface area contributed by atoms with Crippen LogP contribution >= 0.6 is 24.2 Å². The van der Waals surface area contributed by atoms with Crippen molar-refractivity contribution in [2.24, 2.45) is 4.99 Å². The number of aliphatic imine (C=N–C) groups is 1. The van der Waals surface area contributed by atoms with Crippen LogP contribution < -0.4 is 10.1 Å². The van der Waals surface area contributed by atoms with Gasteiger partial charge in [-0.25, -0.2) is 23.1 Å². The number of sulfonamides is 1. The van der Waals surface area contributed by atoms with Gasteiger partial charge in [-0.05, 0) is 24.6 Å². The molecular weight excluding hydrogens is 320 g/mol. The maximum absolute atomic E-state index is 12.3. The van der Waals surface area contributed by atoms with Gasteiger partial charge in [-0.3, -0.25) is 5.43 Å². The Labute approximate surface area is 128 Å². The van der Waals surface area contributed by atoms with Gasteiger partial charge in [0, 0.05) is 23.5 Å². The first kappa shape index (κ1) is 15.4. The van der Waals surface area contributed by atoms with Crippen LogP contribution in [0.15, 0.2) is 26.9 Å². The van der Waals surface area contributed by atoms with Crippen molar-refractivity contribution in [3.63, 3.8) is 0 Å². The van der Waals surface area contributed by atoms with Gasteiger partial charge in [0.05, 0.1) is 6.54 Å². The summed E-state index contributed by atoms with van der Waals surface area (Å²) in [5.41, 5.74) is 3.50. The minimum absolute atomic E-state index is 0.0699. The SMILES string of the molecule is Cc1cc(S(=O)(=O)NC2=NCCN(C)N2)c(S)cc1Cl. The van der Waals surface area contributed by atoms with Crippen molar-refractivity contribution in [2.45, 2.75) is 16.7 Å². The minimum Gasteiger partial charge on any atom is -0.289 e. The fraction of sp³-hybridized carbons (Fsp3) is 0.364. The lowest BCUT2D eigenvalue weighted by molar-refractivity contribution is 0.284. The number of thiol groups is 1. The highest BCUT2D eigenvalue weighted by molar-refractivity contribution is 7.91. The summed E-state index contributed by atoms with van der Waals surface area (Å²) in [5, 5.41) is 2.22. The summed E-state index contributed by atoms with van der Waals surface area (Å²) in [7, 11) is -1.95. The summed E-state index contributed by atoms with van der Waals surface area (Å²) in [5.74, 6) is 0.194. The van der Waals surface area contributed by atoms with Gasteiger partial charge in [0.25, 0.3) is 10.0 Å². The number of hydrogen-bond acceptors (Lipinski definition) is 6. The molecule has 1 aliphatic heterocycles. The van der Waals surface area contributed by atoms with Crippen LogP contribution in [-0.4, -0.2) is 39.5 Å². The number of aryl methyl sites for hydroxylation is 1. The van der Waals surface area contributed by atoms with E-state index in [2.05, 4.69) is 27.8 Å². The summed E-state index contributed by atoms with van der Waals surface area (Å²) in [6, 6.07) is 3.00. The molecule has 9 heteroatoms. The van der Waals surface area contributed by atoms with Gasteiger partial charge >= 0.3 is 0 Å². The highest BCUT2D eigenvalue weighted by Crippen LogP contribution is 2.26. The third kappa shape index (κ3) is 3.38. The molecule has 110 valence electrons. The van der Waals surface area contributed by atoms with Gasteiger partial charge in [-0.1, -0.05) is 11.6 Å². The average Bonchev–Trinajstić information content (AvgIpc) is 2.33. The molecular formula is C11H15ClN4O2S2. The van der Waals surface area contributed by atoms with Gasteiger partial charge in [0.15, 0.2) is 0 Å². The number of nitrogens with one attached hydrogen (secondary N) is 2. The standard InChI is InChI=1S/C11H15ClN4O2S2/c1-7-5-10(9(19)6-8(7)12)20(17,18)15-11-13-3-4-16(2)14-11/h5-6,19H,3-4H2,1-2H3,(H2,13,14,15). The molecule has 1 aromatic carbocycles. The van der Waals surface area contributed by atoms with Crippen LogP contribution in [0.4, 0.5) is 0 Å². The van der Waals surface area contributed by atoms with Crippen LogP contribution in [0.1, 0.15) is 5.56 Å². The maximum Gasteiger partial charge on any atom is 0.265 e. The van der Waals surface area contributed by atoms with Crippen LogP contribution in [0.3, 0.4) is 0 Å².